The number of aromatic nitrogens is 1. The summed E-state index contributed by atoms with van der Waals surface area (Å²) in [6.45, 7) is 2.26. The minimum atomic E-state index is -0.930. The van der Waals surface area contributed by atoms with E-state index in [-0.39, 0.29) is 0 Å². The van der Waals surface area contributed by atoms with Gasteiger partial charge in [0.2, 0.25) is 0 Å². The zero-order valence-electron chi connectivity index (χ0n) is 12.4. The number of thiophene rings is 1. The van der Waals surface area contributed by atoms with Crippen LogP contribution in [0, 0.1) is 6.92 Å². The van der Waals surface area contributed by atoms with Gasteiger partial charge in [0, 0.05) is 24.3 Å². The highest BCUT2D eigenvalue weighted by atomic mass is 32.1. The van der Waals surface area contributed by atoms with Gasteiger partial charge in [-0.1, -0.05) is 18.2 Å². The summed E-state index contributed by atoms with van der Waals surface area (Å²) in [7, 11) is 1.59. The van der Waals surface area contributed by atoms with Gasteiger partial charge in [-0.15, -0.1) is 11.3 Å². The third-order valence-corrected chi connectivity index (χ3v) is 5.13. The summed E-state index contributed by atoms with van der Waals surface area (Å²) >= 11 is 1.21. The Morgan fingerprint density at radius 2 is 2.14 bits per heavy atom. The first-order chi connectivity index (χ1) is 10.6. The number of carbonyl (C=O) groups is 1. The molecule has 116 valence electrons. The molecule has 0 fully saturated rings. The first-order valence-electron chi connectivity index (χ1n) is 6.98. The van der Waals surface area contributed by atoms with E-state index in [1.807, 2.05) is 35.8 Å². The highest BCUT2D eigenvalue weighted by Gasteiger charge is 2.23. The van der Waals surface area contributed by atoms with Gasteiger partial charge in [0.15, 0.2) is 0 Å². The first kappa shape index (κ1) is 15.0. The van der Waals surface area contributed by atoms with Gasteiger partial charge in [-0.2, -0.15) is 0 Å². The average Bonchev–Trinajstić information content (AvgIpc) is 3.00. The summed E-state index contributed by atoms with van der Waals surface area (Å²) in [4.78, 5) is 12.5. The number of ether oxygens (including phenoxy) is 1. The third-order valence-electron chi connectivity index (χ3n) is 3.85. The second-order valence-corrected chi connectivity index (χ2v) is 6.19. The molecule has 2 aromatic heterocycles. The molecule has 0 spiro atoms. The smallest absolute Gasteiger partial charge is 0.346 e. The number of nitrogens with zero attached hydrogens (tertiary/aromatic N) is 1. The molecule has 1 atom stereocenters. The molecular weight excluding hydrogens is 302 g/mol. The van der Waals surface area contributed by atoms with E-state index in [2.05, 4.69) is 0 Å². The topological polar surface area (TPSA) is 71.7 Å². The summed E-state index contributed by atoms with van der Waals surface area (Å²) in [5, 5.41) is 21.7. The molecule has 0 aliphatic heterocycles. The van der Waals surface area contributed by atoms with Crippen LogP contribution in [0.3, 0.4) is 0 Å². The Balaban J connectivity index is 2.31. The normalized spacial score (nSPS) is 13.0. The fraction of sp³-hybridized carbons (Fsp3) is 0.312. The van der Waals surface area contributed by atoms with Crippen molar-refractivity contribution in [3.8, 4) is 0 Å². The van der Waals surface area contributed by atoms with Crippen molar-refractivity contribution in [3.63, 3.8) is 0 Å². The van der Waals surface area contributed by atoms with Gasteiger partial charge in [-0.3, -0.25) is 0 Å². The second-order valence-electron chi connectivity index (χ2n) is 5.19. The van der Waals surface area contributed by atoms with Gasteiger partial charge in [0.05, 0.1) is 12.1 Å². The molecule has 0 aliphatic rings. The van der Waals surface area contributed by atoms with E-state index in [1.54, 1.807) is 7.11 Å². The van der Waals surface area contributed by atoms with E-state index in [9.17, 15) is 15.0 Å². The number of rotatable bonds is 5. The highest BCUT2D eigenvalue weighted by molar-refractivity contribution is 7.20. The van der Waals surface area contributed by atoms with Crippen molar-refractivity contribution in [2.24, 2.45) is 0 Å². The number of fused-ring (bicyclic) bond motifs is 3. The zero-order valence-corrected chi connectivity index (χ0v) is 13.2. The van der Waals surface area contributed by atoms with Gasteiger partial charge < -0.3 is 19.5 Å². The number of aliphatic hydroxyl groups is 1. The van der Waals surface area contributed by atoms with Gasteiger partial charge in [-0.25, -0.2) is 4.79 Å². The van der Waals surface area contributed by atoms with Crippen molar-refractivity contribution in [2.75, 3.05) is 13.7 Å². The predicted octanol–water partition coefficient (Wildman–Crippen LogP) is 3.39. The molecule has 1 aromatic carbocycles. The molecule has 6 heteroatoms. The number of aromatic carboxylic acids is 1. The molecule has 0 radical (unpaired) electrons. The first-order valence-corrected chi connectivity index (χ1v) is 7.80. The second kappa shape index (κ2) is 5.72. The number of hydrogen-bond donors (Lipinski definition) is 2. The zero-order chi connectivity index (χ0) is 15.9. The minimum absolute atomic E-state index is 0.323. The van der Waals surface area contributed by atoms with Crippen molar-refractivity contribution in [1.82, 2.24) is 4.57 Å². The molecule has 1 unspecified atom stereocenters. The molecule has 0 saturated heterocycles. The fourth-order valence-corrected chi connectivity index (χ4v) is 4.06. The molecule has 2 heterocycles. The maximum Gasteiger partial charge on any atom is 0.346 e. The summed E-state index contributed by atoms with van der Waals surface area (Å²) in [6.07, 6.45) is -0.300. The van der Waals surface area contributed by atoms with Crippen molar-refractivity contribution < 1.29 is 19.7 Å². The molecular formula is C16H17NO4S. The van der Waals surface area contributed by atoms with Gasteiger partial charge in [-0.05, 0) is 18.6 Å². The molecule has 0 bridgehead atoms. The average molecular weight is 319 g/mol. The minimum Gasteiger partial charge on any atom is -0.477 e. The van der Waals surface area contributed by atoms with Crippen LogP contribution < -0.4 is 0 Å². The van der Waals surface area contributed by atoms with Crippen LogP contribution in [0.2, 0.25) is 0 Å². The van der Waals surface area contributed by atoms with E-state index >= 15 is 0 Å². The maximum absolute atomic E-state index is 11.4. The number of benzene rings is 1. The molecule has 3 rings (SSSR count). The Kier molecular flexibility index (Phi) is 3.90. The largest absolute Gasteiger partial charge is 0.477 e. The van der Waals surface area contributed by atoms with Gasteiger partial charge >= 0.3 is 5.97 Å². The van der Waals surface area contributed by atoms with Crippen LogP contribution in [0.1, 0.15) is 27.9 Å². The number of hydrogen-bond acceptors (Lipinski definition) is 4. The lowest BCUT2D eigenvalue weighted by molar-refractivity contribution is 0.0669. The Morgan fingerprint density at radius 1 is 1.41 bits per heavy atom. The van der Waals surface area contributed by atoms with Crippen LogP contribution in [0.25, 0.3) is 21.1 Å². The molecule has 5 nitrogen and oxygen atoms in total. The summed E-state index contributed by atoms with van der Waals surface area (Å²) in [6, 6.07) is 7.74. The van der Waals surface area contributed by atoms with Crippen molar-refractivity contribution in [3.05, 3.63) is 34.7 Å². The molecule has 0 aliphatic carbocycles. The van der Waals surface area contributed by atoms with Crippen molar-refractivity contribution >= 4 is 38.4 Å². The monoisotopic (exact) mass is 319 g/mol. The molecule has 3 aromatic rings. The molecule has 0 amide bonds. The number of aryl methyl sites for hydroxylation is 1. The van der Waals surface area contributed by atoms with Crippen LogP contribution in [0.4, 0.5) is 0 Å². The highest BCUT2D eigenvalue weighted by Crippen LogP contribution is 2.40. The van der Waals surface area contributed by atoms with Crippen LogP contribution in [0.5, 0.6) is 0 Å². The fourth-order valence-electron chi connectivity index (χ4n) is 2.84. The number of methoxy groups -OCH3 is 1. The number of aliphatic hydroxyl groups excluding tert-OH is 1. The van der Waals surface area contributed by atoms with E-state index in [1.165, 1.54) is 11.3 Å². The number of carboxylic acids is 1. The van der Waals surface area contributed by atoms with E-state index < -0.39 is 12.2 Å². The van der Waals surface area contributed by atoms with E-state index in [0.29, 0.717) is 17.9 Å². The van der Waals surface area contributed by atoms with Crippen LogP contribution in [-0.2, 0) is 4.74 Å². The molecule has 22 heavy (non-hydrogen) atoms. The molecule has 2 N–H and O–H groups in total. The predicted molar refractivity (Wildman–Crippen MR) is 86.8 cm³/mol. The lowest BCUT2D eigenvalue weighted by atomic mass is 10.1. The standard InChI is InChI=1S/C16H17NO4S/c1-9-13-10-5-3-4-6-11(10)17(12(18)7-8-21-2)15(13)22-14(9)16(19)20/h3-6,12,18H,7-8H2,1-2H3,(H,19,20). The van der Waals surface area contributed by atoms with Gasteiger partial charge in [0.25, 0.3) is 0 Å². The van der Waals surface area contributed by atoms with Crippen molar-refractivity contribution in [1.29, 1.82) is 0 Å². The Hall–Kier alpha value is -1.89. The summed E-state index contributed by atoms with van der Waals surface area (Å²) in [5.74, 6) is -0.930. The van der Waals surface area contributed by atoms with Crippen LogP contribution in [0.15, 0.2) is 24.3 Å². The number of carboxylic acid groups (broad SMARTS) is 1. The lowest BCUT2D eigenvalue weighted by Crippen LogP contribution is -2.09. The van der Waals surface area contributed by atoms with Gasteiger partial charge in [0.1, 0.15) is 15.9 Å². The summed E-state index contributed by atoms with van der Waals surface area (Å²) in [5.41, 5.74) is 1.66. The maximum atomic E-state index is 11.4. The SMILES string of the molecule is COCCC(O)n1c2ccccc2c2c(C)c(C(=O)O)sc21. The third kappa shape index (κ3) is 2.20. The van der Waals surface area contributed by atoms with E-state index in [0.717, 1.165) is 26.7 Å². The Bertz CT molecular complexity index is 849. The Morgan fingerprint density at radius 3 is 2.82 bits per heavy atom. The van der Waals surface area contributed by atoms with Crippen LogP contribution >= 0.6 is 11.3 Å². The molecule has 0 saturated carbocycles. The number of para-hydroxylation sites is 1. The van der Waals surface area contributed by atoms with Crippen LogP contribution in [-0.4, -0.2) is 34.5 Å². The summed E-state index contributed by atoms with van der Waals surface area (Å²) < 4.78 is 6.85. The van der Waals surface area contributed by atoms with E-state index in [4.69, 9.17) is 4.74 Å². The quantitative estimate of drug-likeness (QED) is 0.756. The lowest BCUT2D eigenvalue weighted by Gasteiger charge is -2.14. The Labute approximate surface area is 131 Å². The van der Waals surface area contributed by atoms with Crippen molar-refractivity contribution in [2.45, 2.75) is 19.6 Å².